The molecule has 0 amide bonds. The van der Waals surface area contributed by atoms with Gasteiger partial charge in [0, 0.05) is 0 Å². The Hall–Kier alpha value is -1.56. The van der Waals surface area contributed by atoms with Crippen molar-refractivity contribution in [1.82, 2.24) is 0 Å². The van der Waals surface area contributed by atoms with E-state index in [9.17, 15) is 0 Å². The largest absolute Gasteiger partial charge is 0.0613 e. The van der Waals surface area contributed by atoms with Crippen molar-refractivity contribution in [3.8, 4) is 0 Å². The van der Waals surface area contributed by atoms with E-state index in [1.54, 1.807) is 0 Å². The van der Waals surface area contributed by atoms with E-state index in [2.05, 4.69) is 64.1 Å². The van der Waals surface area contributed by atoms with Gasteiger partial charge in [0.15, 0.2) is 0 Å². The summed E-state index contributed by atoms with van der Waals surface area (Å²) in [5, 5.41) is 0. The molecule has 0 saturated carbocycles. The molecule has 0 aliphatic heterocycles. The van der Waals surface area contributed by atoms with Crippen molar-refractivity contribution in [2.24, 2.45) is 0 Å². The molecule has 0 spiro atoms. The first-order valence-corrected chi connectivity index (χ1v) is 7.87. The number of benzene rings is 2. The second-order valence-electron chi connectivity index (χ2n) is 5.60. The third-order valence-corrected chi connectivity index (χ3v) is 4.25. The molecule has 2 aromatic carbocycles. The average Bonchev–Trinajstić information content (AvgIpc) is 2.49. The molecule has 0 nitrogen and oxygen atoms in total. The number of hydrogen-bond acceptors (Lipinski definition) is 0. The first-order valence-electron chi connectivity index (χ1n) is 7.87. The fraction of sp³-hybridized carbons (Fsp3) is 0.400. The van der Waals surface area contributed by atoms with Crippen LogP contribution in [0.3, 0.4) is 0 Å². The Bertz CT molecular complexity index is 561. The molecule has 0 aliphatic rings. The van der Waals surface area contributed by atoms with E-state index in [0.29, 0.717) is 0 Å². The zero-order chi connectivity index (χ0) is 14.5. The highest BCUT2D eigenvalue weighted by molar-refractivity contribution is 5.40. The Morgan fingerprint density at radius 2 is 1.20 bits per heavy atom. The van der Waals surface area contributed by atoms with Crippen molar-refractivity contribution >= 4 is 0 Å². The maximum absolute atomic E-state index is 2.42. The molecule has 0 heterocycles. The van der Waals surface area contributed by atoms with E-state index in [1.807, 2.05) is 0 Å². The van der Waals surface area contributed by atoms with Crippen molar-refractivity contribution in [3.05, 3.63) is 69.8 Å². The molecule has 0 fully saturated rings. The molecule has 0 aromatic heterocycles. The van der Waals surface area contributed by atoms with Crippen LogP contribution in [0.1, 0.15) is 54.2 Å². The molecular weight excluding hydrogens is 240 g/mol. The molecule has 0 heteroatoms. The lowest BCUT2D eigenvalue weighted by atomic mass is 9.92. The van der Waals surface area contributed by atoms with E-state index in [1.165, 1.54) is 33.4 Å². The van der Waals surface area contributed by atoms with E-state index >= 15 is 0 Å². The Morgan fingerprint density at radius 3 is 1.75 bits per heavy atom. The average molecular weight is 266 g/mol. The highest BCUT2D eigenvalue weighted by Crippen LogP contribution is 2.21. The predicted octanol–water partition coefficient (Wildman–Crippen LogP) is 5.27. The van der Waals surface area contributed by atoms with Crippen molar-refractivity contribution in [2.75, 3.05) is 0 Å². The van der Waals surface area contributed by atoms with Gasteiger partial charge in [-0.2, -0.15) is 0 Å². The molecule has 0 N–H and O–H groups in total. The van der Waals surface area contributed by atoms with Crippen LogP contribution in [0.5, 0.6) is 0 Å². The fourth-order valence-electron chi connectivity index (χ4n) is 2.83. The zero-order valence-electron chi connectivity index (χ0n) is 13.3. The van der Waals surface area contributed by atoms with Gasteiger partial charge < -0.3 is 0 Å². The van der Waals surface area contributed by atoms with Crippen LogP contribution in [0.4, 0.5) is 0 Å². The molecule has 20 heavy (non-hydrogen) atoms. The van der Waals surface area contributed by atoms with Crippen LogP contribution in [0.15, 0.2) is 36.4 Å². The summed E-state index contributed by atoms with van der Waals surface area (Å²) in [5.41, 5.74) is 8.76. The molecular formula is C20H26. The molecule has 0 radical (unpaired) electrons. The van der Waals surface area contributed by atoms with Crippen LogP contribution in [-0.2, 0) is 25.7 Å². The van der Waals surface area contributed by atoms with Gasteiger partial charge in [0.1, 0.15) is 0 Å². The fourth-order valence-corrected chi connectivity index (χ4v) is 2.83. The van der Waals surface area contributed by atoms with Crippen molar-refractivity contribution in [3.63, 3.8) is 0 Å². The summed E-state index contributed by atoms with van der Waals surface area (Å²) in [6.07, 6.45) is 4.43. The summed E-state index contributed by atoms with van der Waals surface area (Å²) in [5.74, 6) is 0. The highest BCUT2D eigenvalue weighted by atomic mass is 14.1. The number of aryl methyl sites for hydroxylation is 4. The molecule has 106 valence electrons. The molecule has 0 aliphatic carbocycles. The predicted molar refractivity (Wildman–Crippen MR) is 88.6 cm³/mol. The summed E-state index contributed by atoms with van der Waals surface area (Å²) in [7, 11) is 0. The normalized spacial score (nSPS) is 10.8. The summed E-state index contributed by atoms with van der Waals surface area (Å²) in [6, 6.07) is 13.9. The van der Waals surface area contributed by atoms with Crippen LogP contribution >= 0.6 is 0 Å². The molecule has 0 bridgehead atoms. The topological polar surface area (TPSA) is 0 Å². The van der Waals surface area contributed by atoms with Crippen LogP contribution in [0.25, 0.3) is 0 Å². The van der Waals surface area contributed by atoms with Crippen LogP contribution in [0, 0.1) is 6.92 Å². The minimum Gasteiger partial charge on any atom is -0.0613 e. The summed E-state index contributed by atoms with van der Waals surface area (Å²) in [6.45, 7) is 8.95. The minimum absolute atomic E-state index is 1.05. The van der Waals surface area contributed by atoms with Gasteiger partial charge in [-0.15, -0.1) is 0 Å². The lowest BCUT2D eigenvalue weighted by Gasteiger charge is -2.13. The van der Waals surface area contributed by atoms with Crippen molar-refractivity contribution < 1.29 is 0 Å². The van der Waals surface area contributed by atoms with Crippen LogP contribution in [-0.4, -0.2) is 0 Å². The molecule has 0 saturated heterocycles. The molecule has 2 rings (SSSR count). The van der Waals surface area contributed by atoms with Gasteiger partial charge in [-0.05, 0) is 66.0 Å². The van der Waals surface area contributed by atoms with Crippen molar-refractivity contribution in [1.29, 1.82) is 0 Å². The summed E-state index contributed by atoms with van der Waals surface area (Å²) in [4.78, 5) is 0. The van der Waals surface area contributed by atoms with Gasteiger partial charge in [0.25, 0.3) is 0 Å². The van der Waals surface area contributed by atoms with Gasteiger partial charge in [-0.25, -0.2) is 0 Å². The Labute approximate surface area is 123 Å². The lowest BCUT2D eigenvalue weighted by Crippen LogP contribution is -1.99. The second-order valence-corrected chi connectivity index (χ2v) is 5.60. The maximum atomic E-state index is 2.42. The molecule has 0 unspecified atom stereocenters. The van der Waals surface area contributed by atoms with Gasteiger partial charge >= 0.3 is 0 Å². The Kier molecular flexibility index (Phi) is 5.00. The second kappa shape index (κ2) is 6.74. The quantitative estimate of drug-likeness (QED) is 0.691. The van der Waals surface area contributed by atoms with Gasteiger partial charge in [-0.1, -0.05) is 57.2 Å². The van der Waals surface area contributed by atoms with Gasteiger partial charge in [0.05, 0.1) is 0 Å². The molecule has 2 aromatic rings. The van der Waals surface area contributed by atoms with Crippen LogP contribution in [0.2, 0.25) is 0 Å². The SMILES string of the molecule is CCc1ccc(Cc2cc(CC)c(CC)cc2C)cc1. The Morgan fingerprint density at radius 1 is 0.650 bits per heavy atom. The minimum atomic E-state index is 1.05. The van der Waals surface area contributed by atoms with Gasteiger partial charge in [-0.3, -0.25) is 0 Å². The molecule has 0 atom stereocenters. The third-order valence-electron chi connectivity index (χ3n) is 4.25. The monoisotopic (exact) mass is 266 g/mol. The number of rotatable bonds is 5. The van der Waals surface area contributed by atoms with Crippen molar-refractivity contribution in [2.45, 2.75) is 53.4 Å². The first-order chi connectivity index (χ1) is 9.67. The maximum Gasteiger partial charge on any atom is -0.00230 e. The van der Waals surface area contributed by atoms with E-state index < -0.39 is 0 Å². The summed E-state index contributed by atoms with van der Waals surface area (Å²) >= 11 is 0. The Balaban J connectivity index is 2.27. The zero-order valence-corrected chi connectivity index (χ0v) is 13.3. The highest BCUT2D eigenvalue weighted by Gasteiger charge is 2.06. The van der Waals surface area contributed by atoms with Crippen LogP contribution < -0.4 is 0 Å². The van der Waals surface area contributed by atoms with E-state index in [0.717, 1.165) is 25.7 Å². The van der Waals surface area contributed by atoms with E-state index in [-0.39, 0.29) is 0 Å². The first kappa shape index (κ1) is 14.8. The standard InChI is InChI=1S/C20H26/c1-5-16-8-10-17(11-9-16)13-20-14-19(7-3)18(6-2)12-15(20)4/h8-12,14H,5-7,13H2,1-4H3. The number of hydrogen-bond donors (Lipinski definition) is 0. The summed E-state index contributed by atoms with van der Waals surface area (Å²) < 4.78 is 0. The van der Waals surface area contributed by atoms with Gasteiger partial charge in [0.2, 0.25) is 0 Å². The third kappa shape index (κ3) is 3.30. The van der Waals surface area contributed by atoms with E-state index in [4.69, 9.17) is 0 Å². The smallest absolute Gasteiger partial charge is 0.00230 e. The lowest BCUT2D eigenvalue weighted by molar-refractivity contribution is 1.01.